The number of carboxylic acid groups (broad SMARTS) is 1. The van der Waals surface area contributed by atoms with Crippen LogP contribution in [0.15, 0.2) is 18.2 Å². The average Bonchev–Trinajstić information content (AvgIpc) is 2.29. The van der Waals surface area contributed by atoms with Gasteiger partial charge in [-0.1, -0.05) is 0 Å². The summed E-state index contributed by atoms with van der Waals surface area (Å²) in [7, 11) is 0. The van der Waals surface area contributed by atoms with Crippen molar-refractivity contribution in [3.63, 3.8) is 0 Å². The lowest BCUT2D eigenvalue weighted by molar-refractivity contribution is -0.137. The van der Waals surface area contributed by atoms with E-state index in [0.717, 1.165) is 6.07 Å². The predicted molar refractivity (Wildman–Crippen MR) is 69.9 cm³/mol. The molecule has 1 atom stereocenters. The Morgan fingerprint density at radius 3 is 2.55 bits per heavy atom. The molecule has 0 bridgehead atoms. The fourth-order valence-electron chi connectivity index (χ4n) is 1.57. The molecule has 20 heavy (non-hydrogen) atoms. The zero-order chi connectivity index (χ0) is 15.3. The Morgan fingerprint density at radius 2 is 2.00 bits per heavy atom. The Labute approximate surface area is 115 Å². The van der Waals surface area contributed by atoms with E-state index in [0.29, 0.717) is 0 Å². The molecule has 0 aromatic heterocycles. The molecule has 0 radical (unpaired) electrons. The summed E-state index contributed by atoms with van der Waals surface area (Å²) in [4.78, 5) is 33.2. The van der Waals surface area contributed by atoms with E-state index in [1.165, 1.54) is 19.1 Å². The van der Waals surface area contributed by atoms with Gasteiger partial charge in [-0.25, -0.2) is 4.39 Å². The Kier molecular flexibility index (Phi) is 5.19. The number of aliphatic carboxylic acids is 1. The van der Waals surface area contributed by atoms with Crippen molar-refractivity contribution in [2.45, 2.75) is 26.3 Å². The highest BCUT2D eigenvalue weighted by Crippen LogP contribution is 2.16. The summed E-state index contributed by atoms with van der Waals surface area (Å²) >= 11 is 0. The first kappa shape index (κ1) is 15.6. The van der Waals surface area contributed by atoms with Crippen LogP contribution in [-0.2, 0) is 9.59 Å². The summed E-state index contributed by atoms with van der Waals surface area (Å²) in [5.41, 5.74) is 0.0310. The van der Waals surface area contributed by atoms with Crippen molar-refractivity contribution < 1.29 is 23.9 Å². The summed E-state index contributed by atoms with van der Waals surface area (Å²) in [6.07, 6.45) is -0.217. The lowest BCUT2D eigenvalue weighted by atomic mass is 10.1. The van der Waals surface area contributed by atoms with Crippen molar-refractivity contribution in [1.82, 2.24) is 5.32 Å². The molecule has 0 saturated carbocycles. The molecule has 2 amide bonds. The van der Waals surface area contributed by atoms with Gasteiger partial charge < -0.3 is 15.7 Å². The van der Waals surface area contributed by atoms with Crippen molar-refractivity contribution >= 4 is 23.5 Å². The maximum atomic E-state index is 13.4. The van der Waals surface area contributed by atoms with E-state index in [4.69, 9.17) is 5.11 Å². The second-order valence-electron chi connectivity index (χ2n) is 4.35. The van der Waals surface area contributed by atoms with E-state index in [1.54, 1.807) is 6.92 Å². The van der Waals surface area contributed by atoms with Crippen molar-refractivity contribution in [1.29, 1.82) is 0 Å². The van der Waals surface area contributed by atoms with Gasteiger partial charge in [0.2, 0.25) is 5.91 Å². The molecule has 1 unspecified atom stereocenters. The molecule has 6 nitrogen and oxygen atoms in total. The molecule has 1 aromatic rings. The van der Waals surface area contributed by atoms with E-state index in [2.05, 4.69) is 10.6 Å². The van der Waals surface area contributed by atoms with Crippen LogP contribution in [0.4, 0.5) is 10.1 Å². The van der Waals surface area contributed by atoms with Gasteiger partial charge in [0, 0.05) is 18.5 Å². The van der Waals surface area contributed by atoms with Gasteiger partial charge in [0.1, 0.15) is 5.82 Å². The van der Waals surface area contributed by atoms with Gasteiger partial charge in [-0.2, -0.15) is 0 Å². The Morgan fingerprint density at radius 1 is 1.35 bits per heavy atom. The SMILES string of the molecule is CC(=O)Nc1cc(C(=O)NC(C)CC(=O)O)ccc1F. The molecule has 0 aliphatic heterocycles. The minimum atomic E-state index is -1.03. The monoisotopic (exact) mass is 282 g/mol. The van der Waals surface area contributed by atoms with Crippen LogP contribution < -0.4 is 10.6 Å². The van der Waals surface area contributed by atoms with E-state index in [-0.39, 0.29) is 17.7 Å². The molecule has 3 N–H and O–H groups in total. The largest absolute Gasteiger partial charge is 0.481 e. The fraction of sp³-hybridized carbons (Fsp3) is 0.308. The smallest absolute Gasteiger partial charge is 0.305 e. The standard InChI is InChI=1S/C13H15FN2O4/c1-7(5-12(18)19)15-13(20)9-3-4-10(14)11(6-9)16-8(2)17/h3-4,6-7H,5H2,1-2H3,(H,15,20)(H,16,17)(H,18,19). The lowest BCUT2D eigenvalue weighted by Crippen LogP contribution is -2.34. The van der Waals surface area contributed by atoms with Gasteiger partial charge in [0.05, 0.1) is 12.1 Å². The third-order valence-electron chi connectivity index (χ3n) is 2.40. The second-order valence-corrected chi connectivity index (χ2v) is 4.35. The topological polar surface area (TPSA) is 95.5 Å². The van der Waals surface area contributed by atoms with E-state index >= 15 is 0 Å². The number of rotatable bonds is 5. The molecule has 1 rings (SSSR count). The first-order valence-electron chi connectivity index (χ1n) is 5.89. The van der Waals surface area contributed by atoms with Gasteiger partial charge >= 0.3 is 5.97 Å². The highest BCUT2D eigenvalue weighted by molar-refractivity contribution is 5.97. The van der Waals surface area contributed by atoms with Crippen LogP contribution in [0.25, 0.3) is 0 Å². The van der Waals surface area contributed by atoms with Crippen LogP contribution in [0.5, 0.6) is 0 Å². The zero-order valence-corrected chi connectivity index (χ0v) is 11.1. The van der Waals surface area contributed by atoms with Crippen LogP contribution in [0, 0.1) is 5.82 Å². The molecular formula is C13H15FN2O4. The average molecular weight is 282 g/mol. The zero-order valence-electron chi connectivity index (χ0n) is 11.1. The highest BCUT2D eigenvalue weighted by Gasteiger charge is 2.14. The molecule has 0 fully saturated rings. The summed E-state index contributed by atoms with van der Waals surface area (Å²) in [6.45, 7) is 2.77. The summed E-state index contributed by atoms with van der Waals surface area (Å²) < 4.78 is 13.4. The van der Waals surface area contributed by atoms with Gasteiger partial charge in [-0.3, -0.25) is 14.4 Å². The molecule has 0 aliphatic rings. The maximum absolute atomic E-state index is 13.4. The number of hydrogen-bond acceptors (Lipinski definition) is 3. The van der Waals surface area contributed by atoms with Gasteiger partial charge in [0.15, 0.2) is 0 Å². The van der Waals surface area contributed by atoms with E-state index < -0.39 is 29.6 Å². The molecule has 108 valence electrons. The minimum absolute atomic E-state index is 0.101. The van der Waals surface area contributed by atoms with Crippen molar-refractivity contribution in [2.75, 3.05) is 5.32 Å². The van der Waals surface area contributed by atoms with Crippen LogP contribution in [0.2, 0.25) is 0 Å². The van der Waals surface area contributed by atoms with Crippen molar-refractivity contribution in [2.24, 2.45) is 0 Å². The van der Waals surface area contributed by atoms with Gasteiger partial charge in [-0.15, -0.1) is 0 Å². The molecule has 0 saturated heterocycles. The molecule has 0 spiro atoms. The summed E-state index contributed by atoms with van der Waals surface area (Å²) in [5, 5.41) is 13.3. The number of anilines is 1. The summed E-state index contributed by atoms with van der Waals surface area (Å²) in [6, 6.07) is 2.94. The Bertz CT molecular complexity index is 545. The van der Waals surface area contributed by atoms with Crippen LogP contribution >= 0.6 is 0 Å². The molecule has 7 heteroatoms. The Balaban J connectivity index is 2.83. The first-order chi connectivity index (χ1) is 9.29. The number of nitrogens with one attached hydrogen (secondary N) is 2. The molecule has 0 heterocycles. The van der Waals surface area contributed by atoms with Crippen molar-refractivity contribution in [3.05, 3.63) is 29.6 Å². The number of carbonyl (C=O) groups excluding carboxylic acids is 2. The van der Waals surface area contributed by atoms with E-state index in [1.807, 2.05) is 0 Å². The minimum Gasteiger partial charge on any atom is -0.481 e. The van der Waals surface area contributed by atoms with Crippen LogP contribution in [0.1, 0.15) is 30.6 Å². The number of hydrogen-bond donors (Lipinski definition) is 3. The highest BCUT2D eigenvalue weighted by atomic mass is 19.1. The van der Waals surface area contributed by atoms with Gasteiger partial charge in [-0.05, 0) is 25.1 Å². The second kappa shape index (κ2) is 6.65. The lowest BCUT2D eigenvalue weighted by Gasteiger charge is -2.12. The third-order valence-corrected chi connectivity index (χ3v) is 2.40. The van der Waals surface area contributed by atoms with Gasteiger partial charge in [0.25, 0.3) is 5.91 Å². The number of carbonyl (C=O) groups is 3. The van der Waals surface area contributed by atoms with Crippen LogP contribution in [0.3, 0.4) is 0 Å². The number of benzene rings is 1. The fourth-order valence-corrected chi connectivity index (χ4v) is 1.57. The summed E-state index contributed by atoms with van der Waals surface area (Å²) in [5.74, 6) is -2.68. The Hall–Kier alpha value is -2.44. The number of halogens is 1. The number of carboxylic acids is 1. The molecule has 1 aromatic carbocycles. The maximum Gasteiger partial charge on any atom is 0.305 e. The molecular weight excluding hydrogens is 267 g/mol. The molecule has 0 aliphatic carbocycles. The van der Waals surface area contributed by atoms with E-state index in [9.17, 15) is 18.8 Å². The normalized spacial score (nSPS) is 11.6. The predicted octanol–water partition coefficient (Wildman–Crippen LogP) is 1.38. The van der Waals surface area contributed by atoms with Crippen molar-refractivity contribution in [3.8, 4) is 0 Å². The third kappa shape index (κ3) is 4.68. The quantitative estimate of drug-likeness (QED) is 0.760. The van der Waals surface area contributed by atoms with Crippen LogP contribution in [-0.4, -0.2) is 28.9 Å². The first-order valence-corrected chi connectivity index (χ1v) is 5.89. The number of amides is 2.